The van der Waals surface area contributed by atoms with Gasteiger partial charge in [-0.25, -0.2) is 0 Å². The summed E-state index contributed by atoms with van der Waals surface area (Å²) in [5, 5.41) is 2.74. The summed E-state index contributed by atoms with van der Waals surface area (Å²) in [7, 11) is 0. The molecule has 0 aliphatic carbocycles. The Labute approximate surface area is 104 Å². The number of nitrogens with two attached hydrogens (primary N) is 1. The van der Waals surface area contributed by atoms with Gasteiger partial charge < -0.3 is 15.8 Å². The zero-order valence-electron chi connectivity index (χ0n) is 10.0. The molecule has 0 aliphatic heterocycles. The molecular formula is C12H16F2N2O2. The lowest BCUT2D eigenvalue weighted by atomic mass is 10.1. The predicted octanol–water partition coefficient (Wildman–Crippen LogP) is 1.76. The number of amides is 1. The first kappa shape index (κ1) is 14.4. The Kier molecular flexibility index (Phi) is 5.51. The minimum atomic E-state index is -2.87. The highest BCUT2D eigenvalue weighted by Crippen LogP contribution is 2.14. The van der Waals surface area contributed by atoms with Gasteiger partial charge in [0.2, 0.25) is 0 Å². The van der Waals surface area contributed by atoms with Gasteiger partial charge >= 0.3 is 6.61 Å². The summed E-state index contributed by atoms with van der Waals surface area (Å²) in [6.45, 7) is -0.599. The van der Waals surface area contributed by atoms with Crippen LogP contribution < -0.4 is 15.8 Å². The maximum Gasteiger partial charge on any atom is 0.387 e. The molecule has 1 aromatic carbocycles. The van der Waals surface area contributed by atoms with Crippen LogP contribution in [0.4, 0.5) is 8.78 Å². The second-order valence-corrected chi connectivity index (χ2v) is 3.72. The van der Waals surface area contributed by atoms with Gasteiger partial charge in [0.15, 0.2) is 0 Å². The zero-order valence-corrected chi connectivity index (χ0v) is 10.0. The quantitative estimate of drug-likeness (QED) is 0.817. The average Bonchev–Trinajstić information content (AvgIpc) is 2.35. The van der Waals surface area contributed by atoms with Crippen LogP contribution in [-0.2, 0) is 0 Å². The van der Waals surface area contributed by atoms with Crippen LogP contribution in [0.5, 0.6) is 5.75 Å². The van der Waals surface area contributed by atoms with Gasteiger partial charge in [0.1, 0.15) is 5.75 Å². The monoisotopic (exact) mass is 258 g/mol. The van der Waals surface area contributed by atoms with Crippen molar-refractivity contribution in [2.45, 2.75) is 26.0 Å². The first-order valence-corrected chi connectivity index (χ1v) is 5.62. The third-order valence-electron chi connectivity index (χ3n) is 2.45. The summed E-state index contributed by atoms with van der Waals surface area (Å²) < 4.78 is 28.0. The average molecular weight is 258 g/mol. The van der Waals surface area contributed by atoms with Crippen molar-refractivity contribution in [1.82, 2.24) is 5.32 Å². The summed E-state index contributed by atoms with van der Waals surface area (Å²) in [5.41, 5.74) is 5.85. The van der Waals surface area contributed by atoms with Crippen molar-refractivity contribution in [1.29, 1.82) is 0 Å². The smallest absolute Gasteiger partial charge is 0.387 e. The summed E-state index contributed by atoms with van der Waals surface area (Å²) >= 11 is 0. The molecule has 18 heavy (non-hydrogen) atoms. The fraction of sp³-hybridized carbons (Fsp3) is 0.417. The molecule has 0 spiro atoms. The summed E-state index contributed by atoms with van der Waals surface area (Å²) in [6.07, 6.45) is 0.731. The van der Waals surface area contributed by atoms with Gasteiger partial charge in [0.25, 0.3) is 5.91 Å². The van der Waals surface area contributed by atoms with Gasteiger partial charge in [-0.15, -0.1) is 0 Å². The highest BCUT2D eigenvalue weighted by Gasteiger charge is 2.11. The Hall–Kier alpha value is -1.69. The number of rotatable bonds is 6. The lowest BCUT2D eigenvalue weighted by molar-refractivity contribution is -0.0498. The van der Waals surface area contributed by atoms with E-state index in [1.165, 1.54) is 24.3 Å². The van der Waals surface area contributed by atoms with E-state index in [9.17, 15) is 13.6 Å². The normalized spacial score (nSPS) is 12.3. The molecule has 100 valence electrons. The molecule has 0 aromatic heterocycles. The largest absolute Gasteiger partial charge is 0.435 e. The molecule has 1 unspecified atom stereocenters. The Morgan fingerprint density at radius 3 is 2.44 bits per heavy atom. The van der Waals surface area contributed by atoms with Gasteiger partial charge in [-0.2, -0.15) is 8.78 Å². The van der Waals surface area contributed by atoms with Crippen molar-refractivity contribution in [2.24, 2.45) is 5.73 Å². The molecule has 1 amide bonds. The topological polar surface area (TPSA) is 64.3 Å². The molecule has 1 aromatic rings. The lowest BCUT2D eigenvalue weighted by Crippen LogP contribution is -2.39. The highest BCUT2D eigenvalue weighted by molar-refractivity contribution is 5.94. The highest BCUT2D eigenvalue weighted by atomic mass is 19.3. The van der Waals surface area contributed by atoms with Gasteiger partial charge in [-0.3, -0.25) is 4.79 Å². The van der Waals surface area contributed by atoms with Crippen LogP contribution in [-0.4, -0.2) is 25.1 Å². The summed E-state index contributed by atoms with van der Waals surface area (Å²) in [6, 6.07) is 5.41. The number of alkyl halides is 2. The zero-order chi connectivity index (χ0) is 13.5. The summed E-state index contributed by atoms with van der Waals surface area (Å²) in [5.74, 6) is -0.261. The first-order chi connectivity index (χ1) is 8.56. The van der Waals surface area contributed by atoms with E-state index in [1.807, 2.05) is 6.92 Å². The van der Waals surface area contributed by atoms with Crippen LogP contribution in [0, 0.1) is 0 Å². The van der Waals surface area contributed by atoms with Crippen molar-refractivity contribution in [3.05, 3.63) is 29.8 Å². The van der Waals surface area contributed by atoms with E-state index >= 15 is 0 Å². The Morgan fingerprint density at radius 1 is 1.39 bits per heavy atom. The first-order valence-electron chi connectivity index (χ1n) is 5.62. The fourth-order valence-corrected chi connectivity index (χ4v) is 1.38. The second kappa shape index (κ2) is 6.90. The van der Waals surface area contributed by atoms with E-state index in [-0.39, 0.29) is 17.7 Å². The minimum absolute atomic E-state index is 0.0208. The molecule has 0 saturated heterocycles. The van der Waals surface area contributed by atoms with Crippen LogP contribution in [0.25, 0.3) is 0 Å². The van der Waals surface area contributed by atoms with Crippen molar-refractivity contribution in [3.8, 4) is 5.75 Å². The number of benzene rings is 1. The number of ether oxygens (including phenoxy) is 1. The van der Waals surface area contributed by atoms with Gasteiger partial charge in [-0.1, -0.05) is 6.92 Å². The lowest BCUT2D eigenvalue weighted by Gasteiger charge is -2.14. The van der Waals surface area contributed by atoms with E-state index in [1.54, 1.807) is 0 Å². The molecule has 0 radical (unpaired) electrons. The van der Waals surface area contributed by atoms with Gasteiger partial charge in [-0.05, 0) is 30.7 Å². The maximum atomic E-state index is 11.9. The molecule has 0 fully saturated rings. The van der Waals surface area contributed by atoms with E-state index in [2.05, 4.69) is 10.1 Å². The standard InChI is InChI=1S/C12H16F2N2O2/c1-2-9(7-15)16-11(17)8-3-5-10(6-4-8)18-12(13)14/h3-6,9,12H,2,7,15H2,1H3,(H,16,17). The van der Waals surface area contributed by atoms with Crippen molar-refractivity contribution in [2.75, 3.05) is 6.54 Å². The SMILES string of the molecule is CCC(CN)NC(=O)c1ccc(OC(F)F)cc1. The number of carbonyl (C=O) groups is 1. The molecule has 0 aliphatic rings. The van der Waals surface area contributed by atoms with Crippen LogP contribution in [0.2, 0.25) is 0 Å². The van der Waals surface area contributed by atoms with E-state index in [0.717, 1.165) is 6.42 Å². The minimum Gasteiger partial charge on any atom is -0.435 e. The molecule has 3 N–H and O–H groups in total. The molecule has 4 nitrogen and oxygen atoms in total. The van der Waals surface area contributed by atoms with Crippen LogP contribution in [0.3, 0.4) is 0 Å². The number of halogens is 2. The molecule has 0 saturated carbocycles. The summed E-state index contributed by atoms with van der Waals surface area (Å²) in [4.78, 5) is 11.8. The molecule has 0 bridgehead atoms. The Balaban J connectivity index is 2.64. The third-order valence-corrected chi connectivity index (χ3v) is 2.45. The Bertz CT molecular complexity index is 378. The predicted molar refractivity (Wildman–Crippen MR) is 63.7 cm³/mol. The van der Waals surface area contributed by atoms with Crippen molar-refractivity contribution in [3.63, 3.8) is 0 Å². The van der Waals surface area contributed by atoms with Crippen molar-refractivity contribution < 1.29 is 18.3 Å². The van der Waals surface area contributed by atoms with Crippen LogP contribution in [0.15, 0.2) is 24.3 Å². The van der Waals surface area contributed by atoms with E-state index < -0.39 is 6.61 Å². The third kappa shape index (κ3) is 4.29. The number of nitrogens with one attached hydrogen (secondary N) is 1. The van der Waals surface area contributed by atoms with Crippen LogP contribution in [0.1, 0.15) is 23.7 Å². The molecular weight excluding hydrogens is 242 g/mol. The number of hydrogen-bond donors (Lipinski definition) is 2. The van der Waals surface area contributed by atoms with Gasteiger partial charge in [0, 0.05) is 18.2 Å². The van der Waals surface area contributed by atoms with Crippen molar-refractivity contribution >= 4 is 5.91 Å². The number of hydrogen-bond acceptors (Lipinski definition) is 3. The van der Waals surface area contributed by atoms with E-state index in [0.29, 0.717) is 12.1 Å². The molecule has 0 heterocycles. The second-order valence-electron chi connectivity index (χ2n) is 3.72. The maximum absolute atomic E-state index is 11.9. The fourth-order valence-electron chi connectivity index (χ4n) is 1.38. The Morgan fingerprint density at radius 2 is 2.00 bits per heavy atom. The molecule has 1 atom stereocenters. The van der Waals surface area contributed by atoms with Gasteiger partial charge in [0.05, 0.1) is 0 Å². The van der Waals surface area contributed by atoms with E-state index in [4.69, 9.17) is 5.73 Å². The molecule has 6 heteroatoms. The van der Waals surface area contributed by atoms with Crippen LogP contribution >= 0.6 is 0 Å². The number of carbonyl (C=O) groups excluding carboxylic acids is 1. The molecule has 1 rings (SSSR count).